The lowest BCUT2D eigenvalue weighted by atomic mass is 10.1. The summed E-state index contributed by atoms with van der Waals surface area (Å²) < 4.78 is 6.08. The van der Waals surface area contributed by atoms with Crippen LogP contribution in [0.1, 0.15) is 23.1 Å². The second kappa shape index (κ2) is 7.66. The van der Waals surface area contributed by atoms with Gasteiger partial charge >= 0.3 is 0 Å². The van der Waals surface area contributed by atoms with Crippen LogP contribution in [-0.4, -0.2) is 35.9 Å². The number of aromatic nitrogens is 1. The van der Waals surface area contributed by atoms with Crippen LogP contribution in [0.3, 0.4) is 0 Å². The van der Waals surface area contributed by atoms with Crippen LogP contribution >= 0.6 is 0 Å². The van der Waals surface area contributed by atoms with E-state index in [0.717, 1.165) is 42.0 Å². The molecule has 0 aliphatic carbocycles. The lowest BCUT2D eigenvalue weighted by molar-refractivity contribution is -0.124. The number of benzene rings is 1. The molecule has 0 spiro atoms. The summed E-state index contributed by atoms with van der Waals surface area (Å²) in [5.74, 6) is 1.55. The van der Waals surface area contributed by atoms with Crippen molar-refractivity contribution in [2.75, 3.05) is 20.1 Å². The summed E-state index contributed by atoms with van der Waals surface area (Å²) in [4.78, 5) is 18.9. The number of para-hydroxylation sites is 1. The van der Waals surface area contributed by atoms with E-state index in [1.54, 1.807) is 6.20 Å². The van der Waals surface area contributed by atoms with Gasteiger partial charge in [0.15, 0.2) is 0 Å². The number of nitrogens with zero attached hydrogens (tertiary/aromatic N) is 2. The van der Waals surface area contributed by atoms with E-state index in [1.807, 2.05) is 51.2 Å². The monoisotopic (exact) mass is 339 g/mol. The fraction of sp³-hybridized carbons (Fsp3) is 0.400. The van der Waals surface area contributed by atoms with E-state index in [9.17, 15) is 4.79 Å². The Labute approximate surface area is 149 Å². The maximum Gasteiger partial charge on any atom is 0.224 e. The van der Waals surface area contributed by atoms with Gasteiger partial charge in [-0.25, -0.2) is 4.98 Å². The Morgan fingerprint density at radius 1 is 1.28 bits per heavy atom. The molecule has 1 N–H and O–H groups in total. The van der Waals surface area contributed by atoms with E-state index in [-0.39, 0.29) is 11.8 Å². The Balaban J connectivity index is 1.70. The van der Waals surface area contributed by atoms with Gasteiger partial charge < -0.3 is 15.0 Å². The van der Waals surface area contributed by atoms with Gasteiger partial charge in [0, 0.05) is 24.8 Å². The van der Waals surface area contributed by atoms with Crippen molar-refractivity contribution >= 4 is 5.91 Å². The lowest BCUT2D eigenvalue weighted by Crippen LogP contribution is -2.31. The maximum absolute atomic E-state index is 12.3. The first-order chi connectivity index (χ1) is 12.0. The molecular formula is C20H25N3O2. The first-order valence-electron chi connectivity index (χ1n) is 8.69. The van der Waals surface area contributed by atoms with Crippen LogP contribution in [0, 0.1) is 19.8 Å². The topological polar surface area (TPSA) is 54.5 Å². The van der Waals surface area contributed by atoms with Gasteiger partial charge in [-0.1, -0.05) is 24.3 Å². The predicted octanol–water partition coefficient (Wildman–Crippen LogP) is 3.06. The number of hydrogen-bond acceptors (Lipinski definition) is 4. The smallest absolute Gasteiger partial charge is 0.224 e. The second-order valence-corrected chi connectivity index (χ2v) is 6.76. The minimum atomic E-state index is 0.0738. The molecule has 1 aliphatic rings. The molecule has 0 saturated carbocycles. The molecule has 5 heteroatoms. The van der Waals surface area contributed by atoms with Gasteiger partial charge in [-0.3, -0.25) is 4.79 Å². The molecule has 1 amide bonds. The summed E-state index contributed by atoms with van der Waals surface area (Å²) >= 11 is 0. The molecular weight excluding hydrogens is 314 g/mol. The van der Waals surface area contributed by atoms with Crippen LogP contribution in [0.4, 0.5) is 0 Å². The SMILES string of the molecule is Cc1cccc(C)c1Oc1ncccc1CNC(=O)[C@@H]1CCN(C)C1. The van der Waals surface area contributed by atoms with Crippen LogP contribution in [0.2, 0.25) is 0 Å². The van der Waals surface area contributed by atoms with Crippen molar-refractivity contribution in [2.24, 2.45) is 5.92 Å². The molecule has 132 valence electrons. The Morgan fingerprint density at radius 3 is 2.72 bits per heavy atom. The third-order valence-corrected chi connectivity index (χ3v) is 4.67. The summed E-state index contributed by atoms with van der Waals surface area (Å²) in [6, 6.07) is 9.85. The first-order valence-corrected chi connectivity index (χ1v) is 8.69. The number of pyridine rings is 1. The van der Waals surface area contributed by atoms with Crippen molar-refractivity contribution in [3.8, 4) is 11.6 Å². The van der Waals surface area contributed by atoms with Crippen molar-refractivity contribution < 1.29 is 9.53 Å². The molecule has 1 saturated heterocycles. The van der Waals surface area contributed by atoms with Gasteiger partial charge in [0.1, 0.15) is 5.75 Å². The summed E-state index contributed by atoms with van der Waals surface area (Å²) in [5.41, 5.74) is 3.01. The molecule has 25 heavy (non-hydrogen) atoms. The van der Waals surface area contributed by atoms with Crippen molar-refractivity contribution in [2.45, 2.75) is 26.8 Å². The van der Waals surface area contributed by atoms with E-state index in [1.165, 1.54) is 0 Å². The molecule has 1 fully saturated rings. The highest BCUT2D eigenvalue weighted by atomic mass is 16.5. The fourth-order valence-electron chi connectivity index (χ4n) is 3.18. The standard InChI is InChI=1S/C20H25N3O2/c1-14-6-4-7-15(2)18(14)25-20-16(8-5-10-21-20)12-22-19(24)17-9-11-23(3)13-17/h4-8,10,17H,9,11-13H2,1-3H3,(H,22,24)/t17-/m1/s1. The zero-order valence-electron chi connectivity index (χ0n) is 15.1. The molecule has 2 heterocycles. The summed E-state index contributed by atoms with van der Waals surface area (Å²) in [6.45, 7) is 6.26. The second-order valence-electron chi connectivity index (χ2n) is 6.76. The molecule has 0 bridgehead atoms. The summed E-state index contributed by atoms with van der Waals surface area (Å²) in [5, 5.41) is 3.03. The largest absolute Gasteiger partial charge is 0.438 e. The zero-order chi connectivity index (χ0) is 17.8. The number of carbonyl (C=O) groups is 1. The number of hydrogen-bond donors (Lipinski definition) is 1. The Morgan fingerprint density at radius 2 is 2.04 bits per heavy atom. The van der Waals surface area contributed by atoms with Gasteiger partial charge in [0.2, 0.25) is 11.8 Å². The number of rotatable bonds is 5. The number of carbonyl (C=O) groups excluding carboxylic acids is 1. The van der Waals surface area contributed by atoms with Crippen LogP contribution in [0.25, 0.3) is 0 Å². The highest BCUT2D eigenvalue weighted by Gasteiger charge is 2.26. The number of likely N-dealkylation sites (tertiary alicyclic amines) is 1. The van der Waals surface area contributed by atoms with E-state index in [2.05, 4.69) is 15.2 Å². The maximum atomic E-state index is 12.3. The molecule has 3 rings (SSSR count). The van der Waals surface area contributed by atoms with Gasteiger partial charge in [-0.15, -0.1) is 0 Å². The zero-order valence-corrected chi connectivity index (χ0v) is 15.1. The molecule has 2 aromatic rings. The van der Waals surface area contributed by atoms with E-state index < -0.39 is 0 Å². The van der Waals surface area contributed by atoms with Crippen LogP contribution < -0.4 is 10.1 Å². The lowest BCUT2D eigenvalue weighted by Gasteiger charge is -2.15. The van der Waals surface area contributed by atoms with E-state index in [4.69, 9.17) is 4.74 Å². The van der Waals surface area contributed by atoms with Crippen molar-refractivity contribution in [3.05, 3.63) is 53.2 Å². The number of amides is 1. The van der Waals surface area contributed by atoms with Gasteiger partial charge in [0.05, 0.1) is 5.92 Å². The third kappa shape index (κ3) is 4.17. The van der Waals surface area contributed by atoms with Crippen molar-refractivity contribution in [3.63, 3.8) is 0 Å². The van der Waals surface area contributed by atoms with Crippen LogP contribution in [0.15, 0.2) is 36.5 Å². The highest BCUT2D eigenvalue weighted by Crippen LogP contribution is 2.29. The predicted molar refractivity (Wildman–Crippen MR) is 97.7 cm³/mol. The van der Waals surface area contributed by atoms with Crippen LogP contribution in [0.5, 0.6) is 11.6 Å². The molecule has 0 unspecified atom stereocenters. The Bertz CT molecular complexity index is 740. The Kier molecular flexibility index (Phi) is 5.34. The fourth-order valence-corrected chi connectivity index (χ4v) is 3.18. The quantitative estimate of drug-likeness (QED) is 0.910. The molecule has 5 nitrogen and oxygen atoms in total. The number of ether oxygens (including phenoxy) is 1. The minimum Gasteiger partial charge on any atom is -0.438 e. The summed E-state index contributed by atoms with van der Waals surface area (Å²) in [6.07, 6.45) is 2.63. The van der Waals surface area contributed by atoms with Crippen molar-refractivity contribution in [1.82, 2.24) is 15.2 Å². The first kappa shape index (κ1) is 17.4. The van der Waals surface area contributed by atoms with Gasteiger partial charge in [-0.2, -0.15) is 0 Å². The molecule has 1 aliphatic heterocycles. The average Bonchev–Trinajstić information content (AvgIpc) is 3.03. The number of aryl methyl sites for hydroxylation is 2. The highest BCUT2D eigenvalue weighted by molar-refractivity contribution is 5.79. The molecule has 1 aromatic heterocycles. The molecule has 1 atom stereocenters. The van der Waals surface area contributed by atoms with E-state index >= 15 is 0 Å². The van der Waals surface area contributed by atoms with Crippen molar-refractivity contribution in [1.29, 1.82) is 0 Å². The molecule has 0 radical (unpaired) electrons. The number of nitrogens with one attached hydrogen (secondary N) is 1. The third-order valence-electron chi connectivity index (χ3n) is 4.67. The Hall–Kier alpha value is -2.40. The summed E-state index contributed by atoms with van der Waals surface area (Å²) in [7, 11) is 2.05. The van der Waals surface area contributed by atoms with Gasteiger partial charge in [0.25, 0.3) is 0 Å². The van der Waals surface area contributed by atoms with Crippen LogP contribution in [-0.2, 0) is 11.3 Å². The minimum absolute atomic E-state index is 0.0738. The van der Waals surface area contributed by atoms with Gasteiger partial charge in [-0.05, 0) is 51.1 Å². The average molecular weight is 339 g/mol. The molecule has 1 aromatic carbocycles. The van der Waals surface area contributed by atoms with E-state index in [0.29, 0.717) is 12.4 Å². The normalized spacial score (nSPS) is 17.5.